The molecule has 0 spiro atoms. The molecule has 0 unspecified atom stereocenters. The summed E-state index contributed by atoms with van der Waals surface area (Å²) in [5.41, 5.74) is 0. The predicted octanol–water partition coefficient (Wildman–Crippen LogP) is 4.04. The summed E-state index contributed by atoms with van der Waals surface area (Å²) in [6, 6.07) is 0. The zero-order chi connectivity index (χ0) is 8.22. The van der Waals surface area contributed by atoms with Crippen molar-refractivity contribution >= 4 is 63.7 Å². The minimum atomic E-state index is 0.136. The predicted molar refractivity (Wildman–Crippen MR) is 62.2 cm³/mol. The van der Waals surface area contributed by atoms with E-state index in [2.05, 4.69) is 63.7 Å². The highest BCUT2D eigenvalue weighted by molar-refractivity contribution is 9.26. The summed E-state index contributed by atoms with van der Waals surface area (Å²) in [6.45, 7) is 0. The summed E-state index contributed by atoms with van der Waals surface area (Å²) in [5.74, 6) is 1.52. The van der Waals surface area contributed by atoms with Crippen LogP contribution in [0.2, 0.25) is 0 Å². The first-order valence-electron chi connectivity index (χ1n) is 3.71. The van der Waals surface area contributed by atoms with Crippen LogP contribution in [0.25, 0.3) is 0 Å². The molecule has 4 heteroatoms. The molecule has 11 heavy (non-hydrogen) atoms. The van der Waals surface area contributed by atoms with Gasteiger partial charge in [-0.05, 0) is 24.7 Å². The number of fused-ring (bicyclic) bond motifs is 2. The van der Waals surface area contributed by atoms with E-state index in [0.29, 0.717) is 9.65 Å². The molecule has 0 saturated heterocycles. The van der Waals surface area contributed by atoms with Crippen molar-refractivity contribution in [3.05, 3.63) is 0 Å². The molecule has 0 heterocycles. The van der Waals surface area contributed by atoms with Gasteiger partial charge in [0.15, 0.2) is 0 Å². The van der Waals surface area contributed by atoms with Crippen molar-refractivity contribution in [2.45, 2.75) is 25.7 Å². The van der Waals surface area contributed by atoms with Gasteiger partial charge in [-0.2, -0.15) is 0 Å². The highest BCUT2D eigenvalue weighted by Crippen LogP contribution is 2.63. The molecule has 0 aromatic carbocycles. The Hall–Kier alpha value is 1.92. The maximum absolute atomic E-state index is 3.76. The van der Waals surface area contributed by atoms with E-state index in [-0.39, 0.29) is 3.23 Å². The minimum absolute atomic E-state index is 0.136. The van der Waals surface area contributed by atoms with Gasteiger partial charge in [0, 0.05) is 9.65 Å². The van der Waals surface area contributed by atoms with Crippen molar-refractivity contribution in [2.75, 3.05) is 0 Å². The van der Waals surface area contributed by atoms with Crippen LogP contribution in [0.15, 0.2) is 0 Å². The molecular weight excluding hydrogens is 404 g/mol. The van der Waals surface area contributed by atoms with Gasteiger partial charge in [0.1, 0.15) is 0 Å². The molecule has 0 amide bonds. The fraction of sp³-hybridized carbons (Fsp3) is 1.00. The number of hydrogen-bond donors (Lipinski definition) is 0. The van der Waals surface area contributed by atoms with E-state index in [1.807, 2.05) is 0 Å². The fourth-order valence-corrected chi connectivity index (χ4v) is 7.20. The molecule has 0 N–H and O–H groups in total. The van der Waals surface area contributed by atoms with Crippen LogP contribution in [0.3, 0.4) is 0 Å². The van der Waals surface area contributed by atoms with Gasteiger partial charge in [0.2, 0.25) is 0 Å². The summed E-state index contributed by atoms with van der Waals surface area (Å²) in [6.07, 6.45) is 2.69. The van der Waals surface area contributed by atoms with Crippen LogP contribution in [-0.2, 0) is 0 Å². The van der Waals surface area contributed by atoms with Gasteiger partial charge in [-0.3, -0.25) is 0 Å². The first-order chi connectivity index (χ1) is 5.05. The van der Waals surface area contributed by atoms with Gasteiger partial charge in [-0.25, -0.2) is 0 Å². The number of alkyl halides is 4. The van der Waals surface area contributed by atoms with E-state index in [4.69, 9.17) is 0 Å². The van der Waals surface area contributed by atoms with E-state index < -0.39 is 0 Å². The van der Waals surface area contributed by atoms with E-state index in [0.717, 1.165) is 11.8 Å². The van der Waals surface area contributed by atoms with Crippen LogP contribution in [0.5, 0.6) is 0 Å². The number of rotatable bonds is 0. The Labute approximate surface area is 100 Å². The Morgan fingerprint density at radius 3 is 2.00 bits per heavy atom. The highest BCUT2D eigenvalue weighted by Gasteiger charge is 2.59. The van der Waals surface area contributed by atoms with Crippen molar-refractivity contribution in [1.29, 1.82) is 0 Å². The lowest BCUT2D eigenvalue weighted by atomic mass is 10.0. The third kappa shape index (κ3) is 1.23. The second kappa shape index (κ2) is 2.96. The van der Waals surface area contributed by atoms with Crippen molar-refractivity contribution in [3.63, 3.8) is 0 Å². The fourth-order valence-electron chi connectivity index (χ4n) is 2.19. The monoisotopic (exact) mass is 408 g/mol. The van der Waals surface area contributed by atoms with Crippen LogP contribution < -0.4 is 0 Å². The first kappa shape index (κ1) is 9.47. The molecule has 2 aliphatic carbocycles. The quantitative estimate of drug-likeness (QED) is 0.528. The number of hydrogen-bond acceptors (Lipinski definition) is 0. The highest BCUT2D eigenvalue weighted by atomic mass is 79.9. The molecule has 0 aromatic heterocycles. The van der Waals surface area contributed by atoms with Gasteiger partial charge in [-0.1, -0.05) is 63.7 Å². The molecule has 2 fully saturated rings. The van der Waals surface area contributed by atoms with Crippen LogP contribution in [-0.4, -0.2) is 12.9 Å². The summed E-state index contributed by atoms with van der Waals surface area (Å²) in [4.78, 5) is 1.25. The molecule has 4 atom stereocenters. The maximum Gasteiger partial charge on any atom is 0.0971 e. The average molecular weight is 412 g/mol. The first-order valence-corrected chi connectivity index (χ1v) is 7.13. The SMILES string of the molecule is Br[C@@H]1[C@H]2CC[C@@H]1C(Br)(Br)[C@H]2Br. The molecule has 0 radical (unpaired) electrons. The molecular formula is C7H8Br4. The largest absolute Gasteiger partial charge is 0.0971 e. The maximum atomic E-state index is 3.76. The van der Waals surface area contributed by atoms with Crippen molar-refractivity contribution in [1.82, 2.24) is 0 Å². The standard InChI is InChI=1S/C7H8Br4/c8-5-3-1-2-4(5)7(10,11)6(3)9/h3-6H,1-2H2/t3-,4+,5-,6+/m1/s1. The van der Waals surface area contributed by atoms with E-state index in [9.17, 15) is 0 Å². The molecule has 2 rings (SSSR count). The normalized spacial score (nSPS) is 53.5. The van der Waals surface area contributed by atoms with Gasteiger partial charge >= 0.3 is 0 Å². The van der Waals surface area contributed by atoms with Gasteiger partial charge in [-0.15, -0.1) is 0 Å². The van der Waals surface area contributed by atoms with Crippen LogP contribution in [0.1, 0.15) is 12.8 Å². The summed E-state index contributed by atoms with van der Waals surface area (Å²) in [5, 5.41) is 0. The van der Waals surface area contributed by atoms with Gasteiger partial charge < -0.3 is 0 Å². The summed E-state index contributed by atoms with van der Waals surface area (Å²) >= 11 is 15.0. The molecule has 64 valence electrons. The van der Waals surface area contributed by atoms with Crippen LogP contribution in [0, 0.1) is 11.8 Å². The topological polar surface area (TPSA) is 0 Å². The second-order valence-corrected chi connectivity index (χ2v) is 9.10. The minimum Gasteiger partial charge on any atom is -0.0883 e. The Morgan fingerprint density at radius 2 is 1.73 bits per heavy atom. The lowest BCUT2D eigenvalue weighted by Crippen LogP contribution is -2.31. The van der Waals surface area contributed by atoms with E-state index in [1.54, 1.807) is 0 Å². The molecule has 2 aliphatic rings. The number of halogens is 4. The Balaban J connectivity index is 2.31. The van der Waals surface area contributed by atoms with Crippen LogP contribution >= 0.6 is 63.7 Å². The Kier molecular flexibility index (Phi) is 2.55. The lowest BCUT2D eigenvalue weighted by Gasteiger charge is -2.30. The molecule has 0 nitrogen and oxygen atoms in total. The van der Waals surface area contributed by atoms with Crippen molar-refractivity contribution in [2.24, 2.45) is 11.8 Å². The molecule has 2 bridgehead atoms. The van der Waals surface area contributed by atoms with E-state index >= 15 is 0 Å². The molecule has 2 saturated carbocycles. The van der Waals surface area contributed by atoms with E-state index in [1.165, 1.54) is 12.8 Å². The third-order valence-corrected chi connectivity index (χ3v) is 8.95. The smallest absolute Gasteiger partial charge is 0.0883 e. The molecule has 0 aromatic rings. The zero-order valence-corrected chi connectivity index (χ0v) is 12.1. The van der Waals surface area contributed by atoms with Crippen LogP contribution in [0.4, 0.5) is 0 Å². The lowest BCUT2D eigenvalue weighted by molar-refractivity contribution is 0.496. The van der Waals surface area contributed by atoms with Crippen molar-refractivity contribution in [3.8, 4) is 0 Å². The zero-order valence-electron chi connectivity index (χ0n) is 5.74. The van der Waals surface area contributed by atoms with Gasteiger partial charge in [0.05, 0.1) is 3.23 Å². The Morgan fingerprint density at radius 1 is 1.09 bits per heavy atom. The summed E-state index contributed by atoms with van der Waals surface area (Å²) in [7, 11) is 0. The van der Waals surface area contributed by atoms with Gasteiger partial charge in [0.25, 0.3) is 0 Å². The third-order valence-electron chi connectivity index (χ3n) is 2.84. The Bertz CT molecular complexity index is 179. The molecule has 0 aliphatic heterocycles. The second-order valence-electron chi connectivity index (χ2n) is 3.37. The summed E-state index contributed by atoms with van der Waals surface area (Å²) < 4.78 is 0.136. The van der Waals surface area contributed by atoms with Crippen molar-refractivity contribution < 1.29 is 0 Å². The average Bonchev–Trinajstić information content (AvgIpc) is 2.34.